The number of rotatable bonds is 5. The largest absolute Gasteiger partial charge is 0.494 e. The molecule has 0 spiro atoms. The Labute approximate surface area is 168 Å². The van der Waals surface area contributed by atoms with Crippen LogP contribution in [0.3, 0.4) is 0 Å². The zero-order valence-corrected chi connectivity index (χ0v) is 16.8. The number of nitrogens with zero attached hydrogens (tertiary/aromatic N) is 1. The maximum absolute atomic E-state index is 12.5. The van der Waals surface area contributed by atoms with Crippen LogP contribution < -0.4 is 10.1 Å². The minimum atomic E-state index is -0.324. The molecule has 5 nitrogen and oxygen atoms in total. The van der Waals surface area contributed by atoms with Crippen molar-refractivity contribution in [3.05, 3.63) is 64.1 Å². The van der Waals surface area contributed by atoms with Gasteiger partial charge in [-0.05, 0) is 55.5 Å². The Balaban J connectivity index is 1.50. The molecule has 0 bridgehead atoms. The molecule has 1 amide bonds. The van der Waals surface area contributed by atoms with E-state index in [1.165, 1.54) is 11.3 Å². The lowest BCUT2D eigenvalue weighted by molar-refractivity contribution is 0.0998. The molecule has 0 aliphatic rings. The molecule has 0 aliphatic heterocycles. The number of nitrogens with one attached hydrogen (secondary N) is 1. The normalized spacial score (nSPS) is 10.9. The first-order chi connectivity index (χ1) is 13.1. The molecule has 4 rings (SSSR count). The Morgan fingerprint density at radius 3 is 2.81 bits per heavy atom. The van der Waals surface area contributed by atoms with Gasteiger partial charge in [-0.1, -0.05) is 15.9 Å². The minimum Gasteiger partial charge on any atom is -0.494 e. The lowest BCUT2D eigenvalue weighted by atomic mass is 10.2. The fraction of sp³-hybridized carbons (Fsp3) is 0.100. The molecular weight excluding hydrogens is 428 g/mol. The fourth-order valence-electron chi connectivity index (χ4n) is 2.64. The van der Waals surface area contributed by atoms with E-state index in [9.17, 15) is 4.79 Å². The van der Waals surface area contributed by atoms with E-state index in [4.69, 9.17) is 9.15 Å². The fourth-order valence-corrected chi connectivity index (χ4v) is 3.73. The third kappa shape index (κ3) is 3.89. The Kier molecular flexibility index (Phi) is 4.96. The van der Waals surface area contributed by atoms with Crippen LogP contribution in [0, 0.1) is 0 Å². The molecule has 136 valence electrons. The van der Waals surface area contributed by atoms with Crippen molar-refractivity contribution in [2.75, 3.05) is 11.9 Å². The molecule has 2 heterocycles. The second kappa shape index (κ2) is 7.54. The van der Waals surface area contributed by atoms with Crippen LogP contribution in [0.25, 0.3) is 22.2 Å². The van der Waals surface area contributed by atoms with Crippen LogP contribution in [-0.4, -0.2) is 17.5 Å². The topological polar surface area (TPSA) is 64.4 Å². The highest BCUT2D eigenvalue weighted by Gasteiger charge is 2.15. The standard InChI is InChI=1S/C20H15BrN2O3S/c1-2-25-15-6-3-12(4-7-15)16-11-27-20(22-16)23-19(24)18-10-13-9-14(21)5-8-17(13)26-18/h3-11H,2H2,1H3,(H,22,23,24). The van der Waals surface area contributed by atoms with Gasteiger partial charge >= 0.3 is 0 Å². The summed E-state index contributed by atoms with van der Waals surface area (Å²) < 4.78 is 12.0. The van der Waals surface area contributed by atoms with Gasteiger partial charge in [0.1, 0.15) is 11.3 Å². The molecular formula is C20H15BrN2O3S. The van der Waals surface area contributed by atoms with Gasteiger partial charge < -0.3 is 9.15 Å². The summed E-state index contributed by atoms with van der Waals surface area (Å²) in [5.74, 6) is 0.748. The molecule has 1 N–H and O–H groups in total. The van der Waals surface area contributed by atoms with E-state index < -0.39 is 0 Å². The van der Waals surface area contributed by atoms with Crippen molar-refractivity contribution >= 4 is 49.3 Å². The third-order valence-electron chi connectivity index (χ3n) is 3.89. The Morgan fingerprint density at radius 1 is 1.22 bits per heavy atom. The van der Waals surface area contributed by atoms with Crippen molar-refractivity contribution in [2.24, 2.45) is 0 Å². The number of halogens is 1. The average molecular weight is 443 g/mol. The minimum absolute atomic E-state index is 0.251. The number of hydrogen-bond acceptors (Lipinski definition) is 5. The Hall–Kier alpha value is -2.64. The van der Waals surface area contributed by atoms with E-state index in [2.05, 4.69) is 26.2 Å². The van der Waals surface area contributed by atoms with Gasteiger partial charge in [-0.2, -0.15) is 0 Å². The molecule has 0 atom stereocenters. The number of carbonyl (C=O) groups excluding carboxylic acids is 1. The van der Waals surface area contributed by atoms with Crippen LogP contribution >= 0.6 is 27.3 Å². The first kappa shape index (κ1) is 17.8. The first-order valence-electron chi connectivity index (χ1n) is 8.31. The molecule has 7 heteroatoms. The second-order valence-corrected chi connectivity index (χ2v) is 7.52. The Morgan fingerprint density at radius 2 is 2.04 bits per heavy atom. The van der Waals surface area contributed by atoms with Gasteiger partial charge in [0, 0.05) is 20.8 Å². The van der Waals surface area contributed by atoms with Crippen LogP contribution in [0.2, 0.25) is 0 Å². The summed E-state index contributed by atoms with van der Waals surface area (Å²) in [6.07, 6.45) is 0. The summed E-state index contributed by atoms with van der Waals surface area (Å²) in [6.45, 7) is 2.58. The van der Waals surface area contributed by atoms with Crippen molar-refractivity contribution in [2.45, 2.75) is 6.92 Å². The summed E-state index contributed by atoms with van der Waals surface area (Å²) in [7, 11) is 0. The zero-order chi connectivity index (χ0) is 18.8. The Bertz CT molecular complexity index is 1100. The molecule has 0 aliphatic carbocycles. The van der Waals surface area contributed by atoms with Gasteiger partial charge in [0.2, 0.25) is 0 Å². The summed E-state index contributed by atoms with van der Waals surface area (Å²) in [6, 6.07) is 15.0. The number of thiazole rings is 1. The van der Waals surface area contributed by atoms with E-state index in [1.54, 1.807) is 6.07 Å². The average Bonchev–Trinajstić information content (AvgIpc) is 3.29. The van der Waals surface area contributed by atoms with Crippen molar-refractivity contribution in [1.82, 2.24) is 4.98 Å². The predicted octanol–water partition coefficient (Wildman–Crippen LogP) is 5.97. The van der Waals surface area contributed by atoms with Gasteiger partial charge in [0.25, 0.3) is 5.91 Å². The quantitative estimate of drug-likeness (QED) is 0.413. The first-order valence-corrected chi connectivity index (χ1v) is 9.99. The number of benzene rings is 2. The van der Waals surface area contributed by atoms with Gasteiger partial charge in [0.05, 0.1) is 12.3 Å². The van der Waals surface area contributed by atoms with E-state index in [0.29, 0.717) is 17.3 Å². The van der Waals surface area contributed by atoms with Gasteiger partial charge in [-0.25, -0.2) is 4.98 Å². The van der Waals surface area contributed by atoms with Gasteiger partial charge in [-0.3, -0.25) is 10.1 Å². The molecule has 0 fully saturated rings. The van der Waals surface area contributed by atoms with Crippen LogP contribution in [-0.2, 0) is 0 Å². The number of amides is 1. The van der Waals surface area contributed by atoms with Crippen LogP contribution in [0.1, 0.15) is 17.5 Å². The monoisotopic (exact) mass is 442 g/mol. The van der Waals surface area contributed by atoms with E-state index in [-0.39, 0.29) is 11.7 Å². The summed E-state index contributed by atoms with van der Waals surface area (Å²) in [5.41, 5.74) is 2.42. The highest BCUT2D eigenvalue weighted by Crippen LogP contribution is 2.28. The maximum Gasteiger partial charge on any atom is 0.293 e. The van der Waals surface area contributed by atoms with Gasteiger partial charge in [0.15, 0.2) is 10.9 Å². The predicted molar refractivity (Wildman–Crippen MR) is 111 cm³/mol. The molecule has 27 heavy (non-hydrogen) atoms. The molecule has 0 unspecified atom stereocenters. The summed E-state index contributed by atoms with van der Waals surface area (Å²) in [4.78, 5) is 17.0. The highest BCUT2D eigenvalue weighted by atomic mass is 79.9. The molecule has 0 radical (unpaired) electrons. The highest BCUT2D eigenvalue weighted by molar-refractivity contribution is 9.10. The van der Waals surface area contributed by atoms with Crippen LogP contribution in [0.15, 0.2) is 62.8 Å². The van der Waals surface area contributed by atoms with Crippen molar-refractivity contribution < 1.29 is 13.9 Å². The number of aromatic nitrogens is 1. The summed E-state index contributed by atoms with van der Waals surface area (Å²) in [5, 5.41) is 6.08. The second-order valence-electron chi connectivity index (χ2n) is 5.74. The van der Waals surface area contributed by atoms with Crippen LogP contribution in [0.4, 0.5) is 5.13 Å². The molecule has 0 saturated carbocycles. The van der Waals surface area contributed by atoms with E-state index in [0.717, 1.165) is 26.9 Å². The molecule has 0 saturated heterocycles. The van der Waals surface area contributed by atoms with Crippen molar-refractivity contribution in [3.63, 3.8) is 0 Å². The van der Waals surface area contributed by atoms with Crippen molar-refractivity contribution in [3.8, 4) is 17.0 Å². The molecule has 4 aromatic rings. The lowest BCUT2D eigenvalue weighted by Gasteiger charge is -2.03. The van der Waals surface area contributed by atoms with E-state index >= 15 is 0 Å². The molecule has 2 aromatic carbocycles. The number of carbonyl (C=O) groups is 1. The molecule has 2 aromatic heterocycles. The number of hydrogen-bond donors (Lipinski definition) is 1. The number of ether oxygens (including phenoxy) is 1. The van der Waals surface area contributed by atoms with Crippen molar-refractivity contribution in [1.29, 1.82) is 0 Å². The smallest absolute Gasteiger partial charge is 0.293 e. The number of fused-ring (bicyclic) bond motifs is 1. The van der Waals surface area contributed by atoms with Crippen LogP contribution in [0.5, 0.6) is 5.75 Å². The van der Waals surface area contributed by atoms with E-state index in [1.807, 2.05) is 54.8 Å². The maximum atomic E-state index is 12.5. The SMILES string of the molecule is CCOc1ccc(-c2csc(NC(=O)c3cc4cc(Br)ccc4o3)n2)cc1. The number of furan rings is 1. The number of anilines is 1. The summed E-state index contributed by atoms with van der Waals surface area (Å²) >= 11 is 4.78. The third-order valence-corrected chi connectivity index (χ3v) is 5.14. The zero-order valence-electron chi connectivity index (χ0n) is 14.4. The van der Waals surface area contributed by atoms with Gasteiger partial charge in [-0.15, -0.1) is 11.3 Å². The lowest BCUT2D eigenvalue weighted by Crippen LogP contribution is -2.10.